The predicted octanol–water partition coefficient (Wildman–Crippen LogP) is 3.77. The zero-order valence-electron chi connectivity index (χ0n) is 12.9. The molecule has 1 amide bonds. The van der Waals surface area contributed by atoms with Gasteiger partial charge in [0.2, 0.25) is 5.91 Å². The summed E-state index contributed by atoms with van der Waals surface area (Å²) in [5.41, 5.74) is 0.730. The number of hydrogen-bond donors (Lipinski definition) is 1. The topological polar surface area (TPSA) is 60.5 Å². The molecule has 0 radical (unpaired) electrons. The van der Waals surface area contributed by atoms with Crippen LogP contribution in [-0.2, 0) is 9.53 Å². The summed E-state index contributed by atoms with van der Waals surface area (Å²) in [6.07, 6.45) is 6.99. The van der Waals surface area contributed by atoms with Gasteiger partial charge in [-0.25, -0.2) is 0 Å². The van der Waals surface area contributed by atoms with Crippen LogP contribution in [0, 0.1) is 0 Å². The molecule has 5 nitrogen and oxygen atoms in total. The highest BCUT2D eigenvalue weighted by atomic mass is 16.5. The molecule has 2 heterocycles. The fourth-order valence-electron chi connectivity index (χ4n) is 2.57. The number of rotatable bonds is 6. The summed E-state index contributed by atoms with van der Waals surface area (Å²) in [6.45, 7) is 0.820. The van der Waals surface area contributed by atoms with Crippen molar-refractivity contribution in [1.29, 1.82) is 0 Å². The Hall–Kier alpha value is -2.40. The highest BCUT2D eigenvalue weighted by Gasteiger charge is 2.16. The van der Waals surface area contributed by atoms with Gasteiger partial charge in [-0.05, 0) is 43.5 Å². The first-order valence-corrected chi connectivity index (χ1v) is 7.89. The molecule has 2 aromatic rings. The van der Waals surface area contributed by atoms with Crippen molar-refractivity contribution in [2.24, 2.45) is 0 Å². The third-order valence-corrected chi connectivity index (χ3v) is 3.72. The lowest BCUT2D eigenvalue weighted by atomic mass is 10.1. The van der Waals surface area contributed by atoms with Crippen molar-refractivity contribution in [1.82, 2.24) is 4.98 Å². The SMILES string of the molecule is O=C(CCC1CCCO1)Nc1cccc(Oc2ccncc2)c1. The van der Waals surface area contributed by atoms with Crippen LogP contribution < -0.4 is 10.1 Å². The molecular weight excluding hydrogens is 292 g/mol. The van der Waals surface area contributed by atoms with Crippen LogP contribution in [0.3, 0.4) is 0 Å². The Morgan fingerprint density at radius 1 is 1.26 bits per heavy atom. The van der Waals surface area contributed by atoms with E-state index < -0.39 is 0 Å². The first-order chi connectivity index (χ1) is 11.3. The smallest absolute Gasteiger partial charge is 0.224 e. The molecule has 1 aliphatic rings. The number of pyridine rings is 1. The van der Waals surface area contributed by atoms with Gasteiger partial charge in [-0.3, -0.25) is 9.78 Å². The number of aromatic nitrogens is 1. The van der Waals surface area contributed by atoms with E-state index in [0.29, 0.717) is 17.9 Å². The molecule has 1 aliphatic heterocycles. The molecule has 1 saturated heterocycles. The minimum atomic E-state index is 0.00145. The Morgan fingerprint density at radius 3 is 2.91 bits per heavy atom. The van der Waals surface area contributed by atoms with Gasteiger partial charge in [0.15, 0.2) is 0 Å². The summed E-state index contributed by atoms with van der Waals surface area (Å²) in [4.78, 5) is 16.0. The summed E-state index contributed by atoms with van der Waals surface area (Å²) in [7, 11) is 0. The van der Waals surface area contributed by atoms with E-state index in [0.717, 1.165) is 31.6 Å². The maximum atomic E-state index is 12.0. The largest absolute Gasteiger partial charge is 0.457 e. The molecule has 1 unspecified atom stereocenters. The number of benzene rings is 1. The number of hydrogen-bond acceptors (Lipinski definition) is 4. The van der Waals surface area contributed by atoms with E-state index in [9.17, 15) is 4.79 Å². The second-order valence-electron chi connectivity index (χ2n) is 5.53. The number of carbonyl (C=O) groups is 1. The average Bonchev–Trinajstić information content (AvgIpc) is 3.08. The quantitative estimate of drug-likeness (QED) is 0.882. The van der Waals surface area contributed by atoms with Gasteiger partial charge in [0.05, 0.1) is 6.10 Å². The normalized spacial score (nSPS) is 17.0. The van der Waals surface area contributed by atoms with Gasteiger partial charge in [0.25, 0.3) is 0 Å². The average molecular weight is 312 g/mol. The fourth-order valence-corrected chi connectivity index (χ4v) is 2.57. The van der Waals surface area contributed by atoms with Crippen LogP contribution >= 0.6 is 0 Å². The van der Waals surface area contributed by atoms with Gasteiger partial charge in [0, 0.05) is 37.2 Å². The maximum Gasteiger partial charge on any atom is 0.224 e. The van der Waals surface area contributed by atoms with E-state index in [4.69, 9.17) is 9.47 Å². The molecule has 5 heteroatoms. The minimum Gasteiger partial charge on any atom is -0.457 e. The van der Waals surface area contributed by atoms with E-state index in [-0.39, 0.29) is 12.0 Å². The van der Waals surface area contributed by atoms with Crippen LogP contribution in [0.15, 0.2) is 48.8 Å². The second-order valence-corrected chi connectivity index (χ2v) is 5.53. The molecule has 1 atom stereocenters. The van der Waals surface area contributed by atoms with Gasteiger partial charge in [-0.1, -0.05) is 6.07 Å². The highest BCUT2D eigenvalue weighted by Crippen LogP contribution is 2.24. The summed E-state index contributed by atoms with van der Waals surface area (Å²) in [5, 5.41) is 2.91. The Labute approximate surface area is 135 Å². The van der Waals surface area contributed by atoms with Crippen LogP contribution in [0.2, 0.25) is 0 Å². The second kappa shape index (κ2) is 7.74. The summed E-state index contributed by atoms with van der Waals surface area (Å²) in [6, 6.07) is 10.9. The zero-order valence-corrected chi connectivity index (χ0v) is 12.9. The number of nitrogens with zero attached hydrogens (tertiary/aromatic N) is 1. The molecule has 0 bridgehead atoms. The highest BCUT2D eigenvalue weighted by molar-refractivity contribution is 5.90. The molecule has 120 valence electrons. The first kappa shape index (κ1) is 15.5. The van der Waals surface area contributed by atoms with Crippen molar-refractivity contribution in [3.8, 4) is 11.5 Å². The van der Waals surface area contributed by atoms with E-state index in [2.05, 4.69) is 10.3 Å². The van der Waals surface area contributed by atoms with Gasteiger partial charge < -0.3 is 14.8 Å². The lowest BCUT2D eigenvalue weighted by Crippen LogP contribution is -2.15. The third-order valence-electron chi connectivity index (χ3n) is 3.72. The number of amides is 1. The molecule has 3 rings (SSSR count). The molecule has 1 aromatic heterocycles. The van der Waals surface area contributed by atoms with Crippen molar-refractivity contribution in [3.05, 3.63) is 48.8 Å². The zero-order chi connectivity index (χ0) is 15.9. The van der Waals surface area contributed by atoms with E-state index in [1.54, 1.807) is 24.5 Å². The van der Waals surface area contributed by atoms with E-state index >= 15 is 0 Å². The van der Waals surface area contributed by atoms with Gasteiger partial charge in [0.1, 0.15) is 11.5 Å². The van der Waals surface area contributed by atoms with Crippen molar-refractivity contribution in [2.75, 3.05) is 11.9 Å². The fraction of sp³-hybridized carbons (Fsp3) is 0.333. The summed E-state index contributed by atoms with van der Waals surface area (Å²) >= 11 is 0. The summed E-state index contributed by atoms with van der Waals surface area (Å²) in [5.74, 6) is 1.39. The van der Waals surface area contributed by atoms with Crippen LogP contribution in [-0.4, -0.2) is 23.6 Å². The monoisotopic (exact) mass is 312 g/mol. The summed E-state index contributed by atoms with van der Waals surface area (Å²) < 4.78 is 11.3. The Balaban J connectivity index is 1.53. The lowest BCUT2D eigenvalue weighted by Gasteiger charge is -2.10. The number of carbonyl (C=O) groups excluding carboxylic acids is 1. The molecule has 0 spiro atoms. The van der Waals surface area contributed by atoms with Crippen LogP contribution in [0.25, 0.3) is 0 Å². The molecular formula is C18H20N2O3. The third kappa shape index (κ3) is 4.79. The van der Waals surface area contributed by atoms with E-state index in [1.807, 2.05) is 24.3 Å². The van der Waals surface area contributed by atoms with Crippen LogP contribution in [0.5, 0.6) is 11.5 Å². The lowest BCUT2D eigenvalue weighted by molar-refractivity contribution is -0.116. The van der Waals surface area contributed by atoms with Crippen molar-refractivity contribution < 1.29 is 14.3 Å². The van der Waals surface area contributed by atoms with Gasteiger partial charge >= 0.3 is 0 Å². The van der Waals surface area contributed by atoms with E-state index in [1.165, 1.54) is 0 Å². The number of nitrogens with one attached hydrogen (secondary N) is 1. The number of ether oxygens (including phenoxy) is 2. The number of anilines is 1. The molecule has 1 aromatic carbocycles. The molecule has 0 saturated carbocycles. The van der Waals surface area contributed by atoms with Gasteiger partial charge in [-0.15, -0.1) is 0 Å². The standard InChI is InChI=1S/C18H20N2O3/c21-18(7-6-15-5-2-12-22-15)20-14-3-1-4-17(13-14)23-16-8-10-19-11-9-16/h1,3-4,8-11,13,15H,2,5-7,12H2,(H,20,21). The Kier molecular flexibility index (Phi) is 5.21. The predicted molar refractivity (Wildman–Crippen MR) is 87.6 cm³/mol. The Morgan fingerprint density at radius 2 is 2.13 bits per heavy atom. The first-order valence-electron chi connectivity index (χ1n) is 7.89. The van der Waals surface area contributed by atoms with Crippen molar-refractivity contribution in [2.45, 2.75) is 31.8 Å². The molecule has 0 aliphatic carbocycles. The van der Waals surface area contributed by atoms with Crippen LogP contribution in [0.4, 0.5) is 5.69 Å². The molecule has 1 fully saturated rings. The molecule has 1 N–H and O–H groups in total. The van der Waals surface area contributed by atoms with Crippen LogP contribution in [0.1, 0.15) is 25.7 Å². The maximum absolute atomic E-state index is 12.0. The Bertz CT molecular complexity index is 640. The molecule has 23 heavy (non-hydrogen) atoms. The van der Waals surface area contributed by atoms with Crippen molar-refractivity contribution in [3.63, 3.8) is 0 Å². The van der Waals surface area contributed by atoms with Crippen molar-refractivity contribution >= 4 is 11.6 Å². The van der Waals surface area contributed by atoms with Gasteiger partial charge in [-0.2, -0.15) is 0 Å². The minimum absolute atomic E-state index is 0.00145.